The molecule has 1 heterocycles. The van der Waals surface area contributed by atoms with E-state index in [1.165, 1.54) is 27.8 Å². The topological polar surface area (TPSA) is 9.23 Å². The van der Waals surface area contributed by atoms with Crippen molar-refractivity contribution in [2.45, 2.75) is 12.3 Å². The summed E-state index contributed by atoms with van der Waals surface area (Å²) < 4.78 is 6.17. The van der Waals surface area contributed by atoms with Crippen molar-refractivity contribution >= 4 is 0 Å². The van der Waals surface area contributed by atoms with E-state index in [2.05, 4.69) is 67.6 Å². The van der Waals surface area contributed by atoms with Gasteiger partial charge in [-0.25, -0.2) is 0 Å². The van der Waals surface area contributed by atoms with Gasteiger partial charge in [-0.1, -0.05) is 54.6 Å². The molecule has 1 unspecified atom stereocenters. The Balaban J connectivity index is 1.99. The zero-order chi connectivity index (χ0) is 14.0. The maximum absolute atomic E-state index is 6.17. The summed E-state index contributed by atoms with van der Waals surface area (Å²) in [4.78, 5) is 0. The Morgan fingerprint density at radius 3 is 2.24 bits per heavy atom. The van der Waals surface area contributed by atoms with Gasteiger partial charge >= 0.3 is 0 Å². The largest absolute Gasteiger partial charge is 0.457 e. The monoisotopic (exact) mass is 270 g/mol. The van der Waals surface area contributed by atoms with Gasteiger partial charge in [0.25, 0.3) is 0 Å². The van der Waals surface area contributed by atoms with Gasteiger partial charge in [-0.05, 0) is 35.7 Å². The average Bonchev–Trinajstić information content (AvgIpc) is 2.80. The molecule has 21 heavy (non-hydrogen) atoms. The Bertz CT molecular complexity index is 894. The predicted octanol–water partition coefficient (Wildman–Crippen LogP) is 5.13. The average molecular weight is 270 g/mol. The van der Waals surface area contributed by atoms with Gasteiger partial charge in [-0.3, -0.25) is 0 Å². The highest BCUT2D eigenvalue weighted by Gasteiger charge is 2.46. The van der Waals surface area contributed by atoms with E-state index in [9.17, 15) is 0 Å². The SMILES string of the molecule is CC12c3ccccc3Oc3cccc(c31)-c1ccccc12. The maximum atomic E-state index is 6.17. The number of fused-ring (bicyclic) bond motifs is 5. The van der Waals surface area contributed by atoms with Crippen molar-refractivity contribution in [1.82, 2.24) is 0 Å². The zero-order valence-corrected chi connectivity index (χ0v) is 11.8. The first-order valence-corrected chi connectivity index (χ1v) is 7.31. The minimum atomic E-state index is -0.114. The molecular weight excluding hydrogens is 256 g/mol. The molecule has 0 amide bonds. The molecule has 0 saturated carbocycles. The number of rotatable bonds is 0. The van der Waals surface area contributed by atoms with Crippen LogP contribution in [0.2, 0.25) is 0 Å². The Morgan fingerprint density at radius 2 is 1.33 bits per heavy atom. The van der Waals surface area contributed by atoms with Gasteiger partial charge in [0, 0.05) is 11.1 Å². The second kappa shape index (κ2) is 3.56. The first kappa shape index (κ1) is 11.2. The molecule has 0 saturated heterocycles. The molecule has 0 fully saturated rings. The quantitative estimate of drug-likeness (QED) is 0.550. The highest BCUT2D eigenvalue weighted by Crippen LogP contribution is 2.60. The van der Waals surface area contributed by atoms with Gasteiger partial charge < -0.3 is 4.74 Å². The third-order valence-electron chi connectivity index (χ3n) is 4.93. The van der Waals surface area contributed by atoms with Crippen molar-refractivity contribution in [2.75, 3.05) is 0 Å². The second-order valence-corrected chi connectivity index (χ2v) is 5.95. The van der Waals surface area contributed by atoms with Crippen LogP contribution >= 0.6 is 0 Å². The van der Waals surface area contributed by atoms with E-state index in [4.69, 9.17) is 4.74 Å². The van der Waals surface area contributed by atoms with Crippen molar-refractivity contribution < 1.29 is 4.74 Å². The number of benzene rings is 3. The van der Waals surface area contributed by atoms with Crippen LogP contribution in [0.5, 0.6) is 11.5 Å². The Hall–Kier alpha value is -2.54. The lowest BCUT2D eigenvalue weighted by Gasteiger charge is -2.35. The fourth-order valence-electron chi connectivity index (χ4n) is 4.01. The minimum absolute atomic E-state index is 0.114. The number of hydrogen-bond donors (Lipinski definition) is 0. The summed E-state index contributed by atoms with van der Waals surface area (Å²) in [5.41, 5.74) is 6.47. The molecule has 5 rings (SSSR count). The predicted molar refractivity (Wildman–Crippen MR) is 84.0 cm³/mol. The van der Waals surface area contributed by atoms with Crippen LogP contribution in [0.4, 0.5) is 0 Å². The van der Waals surface area contributed by atoms with Crippen molar-refractivity contribution in [3.63, 3.8) is 0 Å². The molecule has 3 aromatic rings. The molecule has 0 N–H and O–H groups in total. The van der Waals surface area contributed by atoms with Crippen LogP contribution < -0.4 is 4.74 Å². The highest BCUT2D eigenvalue weighted by molar-refractivity contribution is 5.87. The van der Waals surface area contributed by atoms with Gasteiger partial charge in [-0.2, -0.15) is 0 Å². The van der Waals surface area contributed by atoms with E-state index in [1.54, 1.807) is 0 Å². The van der Waals surface area contributed by atoms with E-state index >= 15 is 0 Å². The molecule has 3 aromatic carbocycles. The highest BCUT2D eigenvalue weighted by atomic mass is 16.5. The fraction of sp³-hybridized carbons (Fsp3) is 0.100. The lowest BCUT2D eigenvalue weighted by atomic mass is 9.72. The van der Waals surface area contributed by atoms with Crippen molar-refractivity contribution in [3.05, 3.63) is 83.4 Å². The van der Waals surface area contributed by atoms with E-state index in [0.29, 0.717) is 0 Å². The number of ether oxygens (including phenoxy) is 1. The van der Waals surface area contributed by atoms with Crippen molar-refractivity contribution in [1.29, 1.82) is 0 Å². The lowest BCUT2D eigenvalue weighted by Crippen LogP contribution is -2.26. The normalized spacial score (nSPS) is 20.2. The van der Waals surface area contributed by atoms with Crippen molar-refractivity contribution in [2.24, 2.45) is 0 Å². The van der Waals surface area contributed by atoms with Crippen LogP contribution in [0.3, 0.4) is 0 Å². The first-order chi connectivity index (χ1) is 10.3. The van der Waals surface area contributed by atoms with Gasteiger partial charge in [0.05, 0.1) is 5.41 Å². The molecular formula is C20H14O. The van der Waals surface area contributed by atoms with Crippen LogP contribution in [0.1, 0.15) is 23.6 Å². The van der Waals surface area contributed by atoms with Crippen LogP contribution in [0, 0.1) is 0 Å². The molecule has 0 spiro atoms. The molecule has 1 aliphatic heterocycles. The van der Waals surface area contributed by atoms with Gasteiger partial charge in [0.1, 0.15) is 11.5 Å². The Kier molecular flexibility index (Phi) is 1.89. The lowest BCUT2D eigenvalue weighted by molar-refractivity contribution is 0.431. The smallest absolute Gasteiger partial charge is 0.132 e. The van der Waals surface area contributed by atoms with Crippen LogP contribution in [0.25, 0.3) is 11.1 Å². The van der Waals surface area contributed by atoms with E-state index in [0.717, 1.165) is 11.5 Å². The third-order valence-corrected chi connectivity index (χ3v) is 4.93. The van der Waals surface area contributed by atoms with Gasteiger partial charge in [-0.15, -0.1) is 0 Å². The van der Waals surface area contributed by atoms with Crippen LogP contribution in [-0.4, -0.2) is 0 Å². The summed E-state index contributed by atoms with van der Waals surface area (Å²) in [6.07, 6.45) is 0. The summed E-state index contributed by atoms with van der Waals surface area (Å²) in [5.74, 6) is 1.96. The van der Waals surface area contributed by atoms with Crippen LogP contribution in [-0.2, 0) is 5.41 Å². The summed E-state index contributed by atoms with van der Waals surface area (Å²) in [7, 11) is 0. The molecule has 100 valence electrons. The number of hydrogen-bond acceptors (Lipinski definition) is 1. The van der Waals surface area contributed by atoms with E-state index in [-0.39, 0.29) is 5.41 Å². The molecule has 0 bridgehead atoms. The number of para-hydroxylation sites is 1. The summed E-state index contributed by atoms with van der Waals surface area (Å²) in [6.45, 7) is 2.32. The summed E-state index contributed by atoms with van der Waals surface area (Å²) in [6, 6.07) is 23.5. The molecule has 0 aromatic heterocycles. The summed E-state index contributed by atoms with van der Waals surface area (Å²) >= 11 is 0. The van der Waals surface area contributed by atoms with E-state index < -0.39 is 0 Å². The minimum Gasteiger partial charge on any atom is -0.457 e. The van der Waals surface area contributed by atoms with Crippen LogP contribution in [0.15, 0.2) is 66.7 Å². The maximum Gasteiger partial charge on any atom is 0.132 e. The standard InChI is InChI=1S/C20H14O/c1-20-15-9-3-2-7-13(15)14-8-6-12-18(19(14)20)21-17-11-5-4-10-16(17)20/h2-12H,1H3. The molecule has 1 heteroatoms. The molecule has 0 radical (unpaired) electrons. The summed E-state index contributed by atoms with van der Waals surface area (Å²) in [5, 5.41) is 0. The zero-order valence-electron chi connectivity index (χ0n) is 11.8. The molecule has 1 atom stereocenters. The van der Waals surface area contributed by atoms with Gasteiger partial charge in [0.15, 0.2) is 0 Å². The van der Waals surface area contributed by atoms with E-state index in [1.807, 2.05) is 6.07 Å². The molecule has 1 aliphatic carbocycles. The Morgan fingerprint density at radius 1 is 0.667 bits per heavy atom. The van der Waals surface area contributed by atoms with Crippen molar-refractivity contribution in [3.8, 4) is 22.6 Å². The molecule has 2 aliphatic rings. The second-order valence-electron chi connectivity index (χ2n) is 5.95. The van der Waals surface area contributed by atoms with Gasteiger partial charge in [0.2, 0.25) is 0 Å². The third kappa shape index (κ3) is 1.18. The first-order valence-electron chi connectivity index (χ1n) is 7.31. The fourth-order valence-corrected chi connectivity index (χ4v) is 4.01. The molecule has 1 nitrogen and oxygen atoms in total. The Labute approximate surface area is 123 Å².